The minimum Gasteiger partial charge on any atom is -0.384 e. The van der Waals surface area contributed by atoms with E-state index in [1.54, 1.807) is 0 Å². The van der Waals surface area contributed by atoms with E-state index in [-0.39, 0.29) is 5.84 Å². The molecule has 3 N–H and O–H groups in total. The van der Waals surface area contributed by atoms with E-state index in [1.807, 2.05) is 60.7 Å². The lowest BCUT2D eigenvalue weighted by Crippen LogP contribution is -2.10. The number of rotatable bonds is 4. The molecular formula is C17H16N2. The lowest BCUT2D eigenvalue weighted by Gasteiger charge is -1.97. The van der Waals surface area contributed by atoms with Crippen LogP contribution in [0.5, 0.6) is 0 Å². The van der Waals surface area contributed by atoms with Gasteiger partial charge in [0.2, 0.25) is 0 Å². The number of nitrogens with one attached hydrogen (secondary N) is 1. The number of hydrogen-bond acceptors (Lipinski definition) is 1. The molecule has 0 radical (unpaired) electrons. The minimum atomic E-state index is 0.0968. The first-order chi connectivity index (χ1) is 9.25. The Bertz CT molecular complexity index is 593. The third-order valence-corrected chi connectivity index (χ3v) is 2.71. The maximum atomic E-state index is 7.32. The number of hydrogen-bond donors (Lipinski definition) is 2. The first-order valence-electron chi connectivity index (χ1n) is 6.10. The molecule has 2 aromatic rings. The quantitative estimate of drug-likeness (QED) is 0.484. The van der Waals surface area contributed by atoms with Crippen LogP contribution >= 0.6 is 0 Å². The SMILES string of the molecule is N=C(N)c1ccc(/C=C/C=C/c2ccccc2)cc1. The number of amidine groups is 1. The van der Waals surface area contributed by atoms with E-state index in [1.165, 1.54) is 5.56 Å². The molecule has 0 bridgehead atoms. The Hall–Kier alpha value is -2.61. The molecule has 0 aliphatic heterocycles. The molecule has 0 unspecified atom stereocenters. The maximum Gasteiger partial charge on any atom is 0.122 e. The van der Waals surface area contributed by atoms with E-state index in [9.17, 15) is 0 Å². The van der Waals surface area contributed by atoms with Gasteiger partial charge in [-0.15, -0.1) is 0 Å². The fourth-order valence-electron chi connectivity index (χ4n) is 1.67. The summed E-state index contributed by atoms with van der Waals surface area (Å²) in [5.41, 5.74) is 8.42. The molecule has 2 nitrogen and oxygen atoms in total. The van der Waals surface area contributed by atoms with Crippen LogP contribution in [0.2, 0.25) is 0 Å². The topological polar surface area (TPSA) is 49.9 Å². The molecule has 0 spiro atoms. The highest BCUT2D eigenvalue weighted by Crippen LogP contribution is 2.06. The summed E-state index contributed by atoms with van der Waals surface area (Å²) in [6.07, 6.45) is 8.08. The second-order valence-corrected chi connectivity index (χ2v) is 4.16. The molecule has 0 fully saturated rings. The summed E-state index contributed by atoms with van der Waals surface area (Å²) in [6, 6.07) is 17.8. The van der Waals surface area contributed by atoms with E-state index < -0.39 is 0 Å². The van der Waals surface area contributed by atoms with Gasteiger partial charge < -0.3 is 5.73 Å². The van der Waals surface area contributed by atoms with Crippen LogP contribution in [0, 0.1) is 5.41 Å². The molecule has 0 aromatic heterocycles. The summed E-state index contributed by atoms with van der Waals surface area (Å²) >= 11 is 0. The van der Waals surface area contributed by atoms with Crippen molar-refractivity contribution in [3.8, 4) is 0 Å². The van der Waals surface area contributed by atoms with Crippen LogP contribution in [0.1, 0.15) is 16.7 Å². The van der Waals surface area contributed by atoms with Gasteiger partial charge in [-0.1, -0.05) is 78.9 Å². The Kier molecular flexibility index (Phi) is 4.29. The Morgan fingerprint density at radius 3 is 1.84 bits per heavy atom. The fraction of sp³-hybridized carbons (Fsp3) is 0. The molecule has 0 heterocycles. The van der Waals surface area contributed by atoms with Crippen LogP contribution < -0.4 is 5.73 Å². The van der Waals surface area contributed by atoms with Crippen LogP contribution in [0.15, 0.2) is 66.7 Å². The van der Waals surface area contributed by atoms with Gasteiger partial charge in [-0.25, -0.2) is 0 Å². The van der Waals surface area contributed by atoms with Gasteiger partial charge in [0.15, 0.2) is 0 Å². The van der Waals surface area contributed by atoms with Gasteiger partial charge >= 0.3 is 0 Å². The standard InChI is InChI=1S/C17H16N2/c18-17(19)16-12-10-15(11-13-16)9-5-4-8-14-6-2-1-3-7-14/h1-13H,(H3,18,19)/b8-4+,9-5+. The van der Waals surface area contributed by atoms with Crippen LogP contribution in [0.4, 0.5) is 0 Å². The van der Waals surface area contributed by atoms with E-state index >= 15 is 0 Å². The van der Waals surface area contributed by atoms with Crippen molar-refractivity contribution in [1.29, 1.82) is 5.41 Å². The van der Waals surface area contributed by atoms with Crippen molar-refractivity contribution in [2.75, 3.05) is 0 Å². The number of allylic oxidation sites excluding steroid dienone is 2. The molecule has 2 aromatic carbocycles. The van der Waals surface area contributed by atoms with Crippen molar-refractivity contribution >= 4 is 18.0 Å². The zero-order valence-corrected chi connectivity index (χ0v) is 10.6. The molecule has 19 heavy (non-hydrogen) atoms. The molecule has 0 atom stereocenters. The van der Waals surface area contributed by atoms with Gasteiger partial charge in [-0.3, -0.25) is 5.41 Å². The van der Waals surface area contributed by atoms with Crippen molar-refractivity contribution in [1.82, 2.24) is 0 Å². The van der Waals surface area contributed by atoms with E-state index in [4.69, 9.17) is 11.1 Å². The summed E-state index contributed by atoms with van der Waals surface area (Å²) in [5, 5.41) is 7.32. The molecule has 0 saturated carbocycles. The highest BCUT2D eigenvalue weighted by atomic mass is 14.7. The first-order valence-corrected chi connectivity index (χ1v) is 6.10. The minimum absolute atomic E-state index is 0.0968. The molecule has 2 rings (SSSR count). The van der Waals surface area contributed by atoms with Gasteiger partial charge in [0, 0.05) is 5.56 Å². The summed E-state index contributed by atoms with van der Waals surface area (Å²) in [7, 11) is 0. The lowest BCUT2D eigenvalue weighted by molar-refractivity contribution is 1.42. The highest BCUT2D eigenvalue weighted by molar-refractivity contribution is 5.95. The lowest BCUT2D eigenvalue weighted by atomic mass is 10.1. The van der Waals surface area contributed by atoms with Crippen molar-refractivity contribution in [3.63, 3.8) is 0 Å². The molecule has 2 heteroatoms. The van der Waals surface area contributed by atoms with Crippen molar-refractivity contribution in [2.45, 2.75) is 0 Å². The molecule has 94 valence electrons. The molecule has 0 aliphatic rings. The molecule has 0 amide bonds. The normalized spacial score (nSPS) is 11.2. The Morgan fingerprint density at radius 2 is 1.32 bits per heavy atom. The van der Waals surface area contributed by atoms with E-state index in [0.29, 0.717) is 0 Å². The molecular weight excluding hydrogens is 232 g/mol. The number of benzene rings is 2. The largest absolute Gasteiger partial charge is 0.384 e. The van der Waals surface area contributed by atoms with E-state index in [0.717, 1.165) is 11.1 Å². The predicted molar refractivity (Wildman–Crippen MR) is 82.0 cm³/mol. The summed E-state index contributed by atoms with van der Waals surface area (Å²) < 4.78 is 0. The van der Waals surface area contributed by atoms with Crippen LogP contribution in [-0.2, 0) is 0 Å². The molecule has 0 aliphatic carbocycles. The van der Waals surface area contributed by atoms with Crippen LogP contribution in [-0.4, -0.2) is 5.84 Å². The third-order valence-electron chi connectivity index (χ3n) is 2.71. The average Bonchev–Trinajstić information content (AvgIpc) is 2.45. The van der Waals surface area contributed by atoms with Crippen molar-refractivity contribution < 1.29 is 0 Å². The van der Waals surface area contributed by atoms with E-state index in [2.05, 4.69) is 18.2 Å². The van der Waals surface area contributed by atoms with Gasteiger partial charge in [-0.05, 0) is 11.1 Å². The smallest absolute Gasteiger partial charge is 0.122 e. The summed E-state index contributed by atoms with van der Waals surface area (Å²) in [5.74, 6) is 0.0968. The van der Waals surface area contributed by atoms with Crippen LogP contribution in [0.25, 0.3) is 12.2 Å². The zero-order chi connectivity index (χ0) is 13.5. The third kappa shape index (κ3) is 3.96. The zero-order valence-electron chi connectivity index (χ0n) is 10.6. The Balaban J connectivity index is 1.99. The van der Waals surface area contributed by atoms with Crippen molar-refractivity contribution in [3.05, 3.63) is 83.4 Å². The maximum absolute atomic E-state index is 7.32. The second-order valence-electron chi connectivity index (χ2n) is 4.16. The molecule has 0 saturated heterocycles. The summed E-state index contributed by atoms with van der Waals surface area (Å²) in [6.45, 7) is 0. The first kappa shape index (κ1) is 12.8. The Labute approximate surface area is 113 Å². The average molecular weight is 248 g/mol. The number of nitrogens with two attached hydrogens (primary N) is 1. The van der Waals surface area contributed by atoms with Gasteiger partial charge in [0.05, 0.1) is 0 Å². The van der Waals surface area contributed by atoms with Crippen LogP contribution in [0.3, 0.4) is 0 Å². The van der Waals surface area contributed by atoms with Gasteiger partial charge in [-0.2, -0.15) is 0 Å². The second kappa shape index (κ2) is 6.36. The van der Waals surface area contributed by atoms with Gasteiger partial charge in [0.1, 0.15) is 5.84 Å². The van der Waals surface area contributed by atoms with Crippen molar-refractivity contribution in [2.24, 2.45) is 5.73 Å². The number of nitrogen functional groups attached to an aromatic ring is 1. The predicted octanol–water partition coefficient (Wildman–Crippen LogP) is 3.70. The summed E-state index contributed by atoms with van der Waals surface area (Å²) in [4.78, 5) is 0. The monoisotopic (exact) mass is 248 g/mol. The van der Waals surface area contributed by atoms with Gasteiger partial charge in [0.25, 0.3) is 0 Å². The fourth-order valence-corrected chi connectivity index (χ4v) is 1.67. The highest BCUT2D eigenvalue weighted by Gasteiger charge is 1.93. The Morgan fingerprint density at radius 1 is 0.789 bits per heavy atom.